The van der Waals surface area contributed by atoms with Crippen LogP contribution in [0.4, 0.5) is 0 Å². The summed E-state index contributed by atoms with van der Waals surface area (Å²) in [7, 11) is 0. The summed E-state index contributed by atoms with van der Waals surface area (Å²) in [5.41, 5.74) is 22.7. The van der Waals surface area contributed by atoms with Crippen LogP contribution in [0.15, 0.2) is 80.6 Å². The maximum absolute atomic E-state index is 12.7. The van der Waals surface area contributed by atoms with E-state index >= 15 is 0 Å². The molecule has 0 saturated carbocycles. The summed E-state index contributed by atoms with van der Waals surface area (Å²) in [6, 6.07) is 12.0. The van der Waals surface area contributed by atoms with Crippen LogP contribution in [0.25, 0.3) is 43.0 Å². The van der Waals surface area contributed by atoms with E-state index in [0.717, 1.165) is 50.5 Å². The van der Waals surface area contributed by atoms with Crippen LogP contribution in [0.5, 0.6) is 0 Å². The zero-order valence-corrected chi connectivity index (χ0v) is 35.1. The Labute approximate surface area is 354 Å². The van der Waals surface area contributed by atoms with E-state index in [1.54, 1.807) is 15.6 Å². The first kappa shape index (κ1) is 42.3. The highest BCUT2D eigenvalue weighted by molar-refractivity contribution is 9.10. The molecule has 4 aromatic heterocycles. The fourth-order valence-electron chi connectivity index (χ4n) is 6.60. The highest BCUT2D eigenvalue weighted by Crippen LogP contribution is 2.38. The van der Waals surface area contributed by atoms with E-state index in [1.165, 1.54) is 36.6 Å². The smallest absolute Gasteiger partial charge is 0.185 e. The Morgan fingerprint density at radius 1 is 0.759 bits per heavy atom. The lowest BCUT2D eigenvalue weighted by atomic mass is 9.95. The van der Waals surface area contributed by atoms with E-state index in [2.05, 4.69) is 82.0 Å². The number of aryl methyl sites for hydroxylation is 2. The second kappa shape index (κ2) is 20.9. The van der Waals surface area contributed by atoms with Crippen molar-refractivity contribution in [1.29, 1.82) is 0 Å². The maximum Gasteiger partial charge on any atom is 0.185 e. The van der Waals surface area contributed by atoms with Crippen molar-refractivity contribution in [3.05, 3.63) is 124 Å². The lowest BCUT2D eigenvalue weighted by Crippen LogP contribution is -2.10. The van der Waals surface area contributed by atoms with Gasteiger partial charge in [0.05, 0.1) is 22.4 Å². The Hall–Kier alpha value is -5.29. The van der Waals surface area contributed by atoms with Gasteiger partial charge in [-0.25, -0.2) is 19.9 Å². The predicted octanol–water partition coefficient (Wildman–Crippen LogP) is 8.64. The molecule has 1 atom stereocenters. The van der Waals surface area contributed by atoms with Crippen LogP contribution in [0.3, 0.4) is 0 Å². The van der Waals surface area contributed by atoms with Crippen LogP contribution >= 0.6 is 43.5 Å². The summed E-state index contributed by atoms with van der Waals surface area (Å²) in [6.07, 6.45) is 12.1. The molecule has 1 saturated heterocycles. The highest BCUT2D eigenvalue weighted by atomic mass is 79.9. The molecule has 0 spiro atoms. The second-order valence-electron chi connectivity index (χ2n) is 13.3. The monoisotopic (exact) mass is 930 g/mol. The molecule has 0 amide bonds. The molecule has 0 N–H and O–H groups in total. The number of aromatic nitrogens is 8. The largest absolute Gasteiger partial charge is 0.381 e. The number of nitrogens with zero attached hydrogens (tertiary/aromatic N) is 14. The molecule has 3 aliphatic rings. The van der Waals surface area contributed by atoms with E-state index < -0.39 is 5.92 Å². The molecule has 0 radical (unpaired) electrons. The van der Waals surface area contributed by atoms with Crippen molar-refractivity contribution in [3.63, 3.8) is 0 Å². The molecule has 298 valence electrons. The number of carbonyl (C=O) groups excluding carboxylic acids is 2. The maximum atomic E-state index is 12.7. The van der Waals surface area contributed by atoms with Gasteiger partial charge < -0.3 is 4.74 Å². The van der Waals surface area contributed by atoms with Crippen LogP contribution in [-0.2, 0) is 46.7 Å². The second-order valence-corrected chi connectivity index (χ2v) is 15.5. The van der Waals surface area contributed by atoms with Crippen molar-refractivity contribution in [2.75, 3.05) is 26.3 Å². The molecule has 5 heterocycles. The minimum atomic E-state index is -0.395. The van der Waals surface area contributed by atoms with Gasteiger partial charge in [0, 0.05) is 89.8 Å². The van der Waals surface area contributed by atoms with Gasteiger partial charge in [-0.15, -0.1) is 0 Å². The summed E-state index contributed by atoms with van der Waals surface area (Å²) < 4.78 is 10.4. The molecular formula is C38H37Br2ClN14O3. The molecule has 2 aromatic carbocycles. The van der Waals surface area contributed by atoms with Gasteiger partial charge in [0.2, 0.25) is 0 Å². The number of benzene rings is 2. The highest BCUT2D eigenvalue weighted by Gasteiger charge is 2.34. The van der Waals surface area contributed by atoms with Gasteiger partial charge in [0.15, 0.2) is 17.1 Å². The van der Waals surface area contributed by atoms with Gasteiger partial charge in [-0.3, -0.25) is 19.0 Å². The third kappa shape index (κ3) is 11.2. The number of rotatable bonds is 9. The predicted molar refractivity (Wildman–Crippen MR) is 224 cm³/mol. The molecule has 0 bridgehead atoms. The Morgan fingerprint density at radius 2 is 1.34 bits per heavy atom. The zero-order chi connectivity index (χ0) is 40.9. The minimum Gasteiger partial charge on any atom is -0.381 e. The summed E-state index contributed by atoms with van der Waals surface area (Å²) in [5.74, 6) is 0.0705. The van der Waals surface area contributed by atoms with Gasteiger partial charge in [-0.05, 0) is 83.3 Å². The van der Waals surface area contributed by atoms with Crippen molar-refractivity contribution in [1.82, 2.24) is 39.5 Å². The summed E-state index contributed by atoms with van der Waals surface area (Å²) >= 11 is 12.7. The third-order valence-corrected chi connectivity index (χ3v) is 10.6. The fraction of sp³-hybridized carbons (Fsp3) is 0.368. The zero-order valence-electron chi connectivity index (χ0n) is 31.2. The number of ketones is 2. The minimum absolute atomic E-state index is 0.134. The summed E-state index contributed by atoms with van der Waals surface area (Å²) in [4.78, 5) is 45.6. The fourth-order valence-corrected chi connectivity index (χ4v) is 7.57. The molecule has 9 rings (SSSR count). The van der Waals surface area contributed by atoms with Crippen molar-refractivity contribution in [3.8, 4) is 0 Å². The number of halogens is 3. The van der Waals surface area contributed by atoms with E-state index in [1.807, 2.05) is 42.6 Å². The number of azide groups is 2. The Kier molecular flexibility index (Phi) is 15.3. The van der Waals surface area contributed by atoms with Gasteiger partial charge in [0.1, 0.15) is 23.6 Å². The number of hydrogen-bond acceptors (Lipinski definition) is 11. The average molecular weight is 933 g/mol. The topological polar surface area (TPSA) is 228 Å². The van der Waals surface area contributed by atoms with Crippen LogP contribution < -0.4 is 0 Å². The van der Waals surface area contributed by atoms with E-state index in [0.29, 0.717) is 79.8 Å². The number of ether oxygens (including phenoxy) is 1. The third-order valence-electron chi connectivity index (χ3n) is 9.28. The number of Topliss-reactive ketones (excluding diaryl/α,β-unsaturated/α-hetero) is 2. The van der Waals surface area contributed by atoms with Gasteiger partial charge >= 0.3 is 0 Å². The average Bonchev–Trinajstić information content (AvgIpc) is 4.06. The van der Waals surface area contributed by atoms with Crippen LogP contribution in [0.2, 0.25) is 5.15 Å². The quantitative estimate of drug-likeness (QED) is 0.0443. The number of hydrogen-bond donors (Lipinski definition) is 0. The lowest BCUT2D eigenvalue weighted by Gasteiger charge is -2.10. The van der Waals surface area contributed by atoms with Gasteiger partial charge in [0.25, 0.3) is 0 Å². The Balaban J connectivity index is 0.000000149. The molecule has 58 heavy (non-hydrogen) atoms. The lowest BCUT2D eigenvalue weighted by molar-refractivity contribution is -0.118. The molecule has 17 nitrogen and oxygen atoms in total. The molecule has 1 aliphatic heterocycles. The van der Waals surface area contributed by atoms with E-state index in [-0.39, 0.29) is 5.78 Å². The molecule has 20 heteroatoms. The summed E-state index contributed by atoms with van der Waals surface area (Å²) in [6.45, 7) is 4.13. The standard InChI is InChI=1S/C17H14BrN7O.C9H7BrO.C8H8ClN7.C4H8O/c18-11-3-2-10-6-14(26)15(12(10)7-11)16-13-8-25(5-1-4-22-24-19)23-17(13)21-9-20-16;10-8-2-1-6-4-9(11)5-7(6)3-8;9-7-6-4-16(3-1-2-13-15-10)14-8(6)12-5-11-7;1-2-4-5-3-1/h2-3,7-9,15H,1,4-6H2;1-3H,4-5H2;4-5H,1-3H2;1-4H2. The summed E-state index contributed by atoms with van der Waals surface area (Å²) in [5, 5.41) is 17.5. The van der Waals surface area contributed by atoms with Crippen LogP contribution in [0, 0.1) is 0 Å². The molecule has 1 unspecified atom stereocenters. The van der Waals surface area contributed by atoms with Crippen molar-refractivity contribution in [2.45, 2.75) is 64.0 Å². The molecular weight excluding hydrogens is 896 g/mol. The van der Waals surface area contributed by atoms with Crippen molar-refractivity contribution >= 4 is 77.1 Å². The van der Waals surface area contributed by atoms with Gasteiger partial charge in [-0.1, -0.05) is 65.8 Å². The number of fused-ring (bicyclic) bond motifs is 4. The van der Waals surface area contributed by atoms with E-state index in [9.17, 15) is 9.59 Å². The first-order valence-corrected chi connectivity index (χ1v) is 20.4. The first-order valence-electron chi connectivity index (χ1n) is 18.4. The van der Waals surface area contributed by atoms with Crippen LogP contribution in [0.1, 0.15) is 59.5 Å². The van der Waals surface area contributed by atoms with Crippen molar-refractivity contribution in [2.24, 2.45) is 10.2 Å². The van der Waals surface area contributed by atoms with Gasteiger partial charge in [-0.2, -0.15) is 10.2 Å². The Morgan fingerprint density at radius 3 is 1.97 bits per heavy atom. The van der Waals surface area contributed by atoms with E-state index in [4.69, 9.17) is 27.4 Å². The normalized spacial score (nSPS) is 14.9. The molecule has 6 aromatic rings. The first-order chi connectivity index (χ1) is 28.2. The van der Waals surface area contributed by atoms with Crippen molar-refractivity contribution < 1.29 is 14.3 Å². The molecule has 2 aliphatic carbocycles. The Bertz CT molecular complexity index is 2500. The number of carbonyl (C=O) groups is 2. The SMILES string of the molecule is C1CCOC1.O=C1Cc2ccc(Br)cc2C1.[N-]=[N+]=NCCCn1cc2c(C3C(=O)Cc4ccc(Br)cc43)ncnc2n1.[N-]=[N+]=NCCCn1cc2c(Cl)ncnc2n1. The molecule has 1 fully saturated rings. The van der Waals surface area contributed by atoms with Crippen LogP contribution in [-0.4, -0.2) is 77.4 Å².